The molecule has 6 heteroatoms. The molecule has 0 radical (unpaired) electrons. The van der Waals surface area contributed by atoms with Crippen LogP contribution >= 0.6 is 0 Å². The summed E-state index contributed by atoms with van der Waals surface area (Å²) in [6.07, 6.45) is 52.5. The highest BCUT2D eigenvalue weighted by Crippen LogP contribution is 2.15. The van der Waals surface area contributed by atoms with E-state index in [2.05, 4.69) is 55.6 Å². The van der Waals surface area contributed by atoms with Gasteiger partial charge in [0.05, 0.1) is 25.4 Å². The van der Waals surface area contributed by atoms with Crippen molar-refractivity contribution in [1.82, 2.24) is 5.32 Å². The van der Waals surface area contributed by atoms with E-state index < -0.39 is 12.1 Å². The molecule has 2 atom stereocenters. The monoisotopic (exact) mass is 774 g/mol. The lowest BCUT2D eigenvalue weighted by molar-refractivity contribution is -0.143. The van der Waals surface area contributed by atoms with Crippen molar-refractivity contribution in [3.05, 3.63) is 36.5 Å². The molecule has 0 aromatic heterocycles. The van der Waals surface area contributed by atoms with Crippen LogP contribution in [0.2, 0.25) is 0 Å². The van der Waals surface area contributed by atoms with E-state index in [0.717, 1.165) is 83.5 Å². The van der Waals surface area contributed by atoms with E-state index in [1.54, 1.807) is 0 Å². The van der Waals surface area contributed by atoms with Crippen LogP contribution in [0.25, 0.3) is 0 Å². The number of carbonyl (C=O) groups excluding carboxylic acids is 2. The maximum absolute atomic E-state index is 12.4. The van der Waals surface area contributed by atoms with Gasteiger partial charge in [0, 0.05) is 12.8 Å². The van der Waals surface area contributed by atoms with Gasteiger partial charge in [0.15, 0.2) is 0 Å². The fourth-order valence-electron chi connectivity index (χ4n) is 6.96. The van der Waals surface area contributed by atoms with Crippen LogP contribution in [0.1, 0.15) is 239 Å². The molecule has 0 bridgehead atoms. The Morgan fingerprint density at radius 2 is 0.927 bits per heavy atom. The number of hydrogen-bond acceptors (Lipinski definition) is 5. The van der Waals surface area contributed by atoms with Crippen molar-refractivity contribution in [2.45, 2.75) is 251 Å². The van der Waals surface area contributed by atoms with Gasteiger partial charge in [-0.15, -0.1) is 0 Å². The van der Waals surface area contributed by atoms with E-state index in [1.807, 2.05) is 0 Å². The van der Waals surface area contributed by atoms with Crippen LogP contribution in [0.5, 0.6) is 0 Å². The summed E-state index contributed by atoms with van der Waals surface area (Å²) in [7, 11) is 0. The highest BCUT2D eigenvalue weighted by atomic mass is 16.5. The molecule has 3 N–H and O–H groups in total. The molecular weight excluding hydrogens is 683 g/mol. The molecule has 0 spiro atoms. The highest BCUT2D eigenvalue weighted by molar-refractivity contribution is 5.76. The normalized spacial score (nSPS) is 13.0. The highest BCUT2D eigenvalue weighted by Gasteiger charge is 2.19. The van der Waals surface area contributed by atoms with Gasteiger partial charge in [0.2, 0.25) is 5.91 Å². The second-order valence-corrected chi connectivity index (χ2v) is 16.1. The molecule has 0 rings (SSSR count). The Bertz CT molecular complexity index is 900. The minimum Gasteiger partial charge on any atom is -0.466 e. The van der Waals surface area contributed by atoms with Crippen LogP contribution in [0, 0.1) is 0 Å². The molecule has 1 amide bonds. The maximum atomic E-state index is 12.4. The number of rotatable bonds is 43. The first-order valence-electron chi connectivity index (χ1n) is 23.7. The van der Waals surface area contributed by atoms with Crippen LogP contribution in [0.3, 0.4) is 0 Å². The van der Waals surface area contributed by atoms with Gasteiger partial charge in [-0.3, -0.25) is 9.59 Å². The van der Waals surface area contributed by atoms with Gasteiger partial charge in [-0.05, 0) is 77.0 Å². The molecule has 0 heterocycles. The molecule has 0 aliphatic carbocycles. The predicted octanol–water partition coefficient (Wildman–Crippen LogP) is 13.7. The minimum absolute atomic E-state index is 0.0504. The molecule has 0 aliphatic rings. The Morgan fingerprint density at radius 3 is 1.47 bits per heavy atom. The van der Waals surface area contributed by atoms with E-state index in [1.165, 1.54) is 122 Å². The van der Waals surface area contributed by atoms with E-state index >= 15 is 0 Å². The molecule has 0 saturated heterocycles. The molecular formula is C49H91NO5. The average molecular weight is 774 g/mol. The zero-order valence-electron chi connectivity index (χ0n) is 36.4. The fourth-order valence-corrected chi connectivity index (χ4v) is 6.96. The van der Waals surface area contributed by atoms with E-state index in [9.17, 15) is 19.8 Å². The third-order valence-electron chi connectivity index (χ3n) is 10.7. The third kappa shape index (κ3) is 41.5. The SMILES string of the molecule is CCCCC/C=C\C/C=C\CCCCCCCC(=O)OCCCCCC/C=C\CCCC(=O)NC(CO)C(O)CCCCCCCCCCCCCCCC. The summed E-state index contributed by atoms with van der Waals surface area (Å²) in [5.41, 5.74) is 0. The number of unbranched alkanes of at least 4 members (excludes halogenated alkanes) is 26. The van der Waals surface area contributed by atoms with Crippen molar-refractivity contribution >= 4 is 11.9 Å². The Labute approximate surface area is 341 Å². The molecule has 0 aromatic carbocycles. The number of ether oxygens (including phenoxy) is 1. The standard InChI is InChI=1S/C49H91NO5/c1-3-5-7-9-11-13-15-17-19-21-23-27-31-35-39-43-49(54)55-44-40-36-32-28-24-26-30-34-38-42-48(53)50-46(45-51)47(52)41-37-33-29-25-22-20-18-16-14-12-10-8-6-4-2/h11,13,17,19,26,30,46-47,51-52H,3-10,12,14-16,18,20-25,27-29,31-45H2,1-2H3,(H,50,53)/b13-11-,19-17-,30-26-. The Morgan fingerprint density at radius 1 is 0.509 bits per heavy atom. The van der Waals surface area contributed by atoms with Gasteiger partial charge in [-0.25, -0.2) is 0 Å². The number of allylic oxidation sites excluding steroid dienone is 6. The molecule has 55 heavy (non-hydrogen) atoms. The van der Waals surface area contributed by atoms with E-state index in [-0.39, 0.29) is 18.5 Å². The number of esters is 1. The number of aliphatic hydroxyl groups excluding tert-OH is 2. The number of amides is 1. The molecule has 0 aliphatic heterocycles. The summed E-state index contributed by atoms with van der Waals surface area (Å²) < 4.78 is 5.42. The molecule has 0 aromatic rings. The number of aliphatic hydroxyl groups is 2. The first-order valence-corrected chi connectivity index (χ1v) is 23.7. The summed E-state index contributed by atoms with van der Waals surface area (Å²) in [4.78, 5) is 24.4. The van der Waals surface area contributed by atoms with Gasteiger partial charge in [-0.1, -0.05) is 185 Å². The minimum atomic E-state index is -0.695. The Hall–Kier alpha value is -1.92. The topological polar surface area (TPSA) is 95.9 Å². The summed E-state index contributed by atoms with van der Waals surface area (Å²) in [5, 5.41) is 23.1. The zero-order valence-corrected chi connectivity index (χ0v) is 36.4. The second kappa shape index (κ2) is 44.8. The summed E-state index contributed by atoms with van der Waals surface area (Å²) >= 11 is 0. The van der Waals surface area contributed by atoms with Crippen LogP contribution < -0.4 is 5.32 Å². The fraction of sp³-hybridized carbons (Fsp3) is 0.837. The lowest BCUT2D eigenvalue weighted by Gasteiger charge is -2.22. The smallest absolute Gasteiger partial charge is 0.305 e. The largest absolute Gasteiger partial charge is 0.466 e. The Kier molecular flexibility index (Phi) is 43.2. The Balaban J connectivity index is 3.57. The number of nitrogens with one attached hydrogen (secondary N) is 1. The van der Waals surface area contributed by atoms with E-state index in [4.69, 9.17) is 4.74 Å². The van der Waals surface area contributed by atoms with Gasteiger partial charge in [-0.2, -0.15) is 0 Å². The molecule has 322 valence electrons. The summed E-state index contributed by atoms with van der Waals surface area (Å²) in [6, 6.07) is -0.580. The van der Waals surface area contributed by atoms with Gasteiger partial charge >= 0.3 is 5.97 Å². The molecule has 2 unspecified atom stereocenters. The first-order chi connectivity index (χ1) is 27.0. The van der Waals surface area contributed by atoms with Crippen molar-refractivity contribution in [3.63, 3.8) is 0 Å². The number of carbonyl (C=O) groups is 2. The van der Waals surface area contributed by atoms with Crippen LogP contribution in [0.15, 0.2) is 36.5 Å². The quantitative estimate of drug-likeness (QED) is 0.0326. The van der Waals surface area contributed by atoms with Crippen molar-refractivity contribution in [2.75, 3.05) is 13.2 Å². The summed E-state index contributed by atoms with van der Waals surface area (Å²) in [6.45, 7) is 4.81. The predicted molar refractivity (Wildman–Crippen MR) is 236 cm³/mol. The first kappa shape index (κ1) is 53.1. The van der Waals surface area contributed by atoms with Crippen molar-refractivity contribution < 1.29 is 24.5 Å². The van der Waals surface area contributed by atoms with Gasteiger partial charge in [0.25, 0.3) is 0 Å². The van der Waals surface area contributed by atoms with Crippen molar-refractivity contribution in [1.29, 1.82) is 0 Å². The number of hydrogen-bond donors (Lipinski definition) is 3. The van der Waals surface area contributed by atoms with Crippen molar-refractivity contribution in [3.8, 4) is 0 Å². The lowest BCUT2D eigenvalue weighted by Crippen LogP contribution is -2.45. The summed E-state index contributed by atoms with van der Waals surface area (Å²) in [5.74, 6) is -0.148. The van der Waals surface area contributed by atoms with Crippen LogP contribution in [0.4, 0.5) is 0 Å². The second-order valence-electron chi connectivity index (χ2n) is 16.1. The van der Waals surface area contributed by atoms with Crippen LogP contribution in [-0.4, -0.2) is 47.4 Å². The molecule has 0 saturated carbocycles. The average Bonchev–Trinajstić information content (AvgIpc) is 3.18. The van der Waals surface area contributed by atoms with Gasteiger partial charge < -0.3 is 20.3 Å². The van der Waals surface area contributed by atoms with Crippen LogP contribution in [-0.2, 0) is 14.3 Å². The third-order valence-corrected chi connectivity index (χ3v) is 10.7. The van der Waals surface area contributed by atoms with Crippen molar-refractivity contribution in [2.24, 2.45) is 0 Å². The lowest BCUT2D eigenvalue weighted by atomic mass is 10.0. The van der Waals surface area contributed by atoms with Gasteiger partial charge in [0.1, 0.15) is 0 Å². The zero-order chi connectivity index (χ0) is 40.1. The molecule has 0 fully saturated rings. The molecule has 6 nitrogen and oxygen atoms in total. The maximum Gasteiger partial charge on any atom is 0.305 e. The van der Waals surface area contributed by atoms with E-state index in [0.29, 0.717) is 25.9 Å².